The number of rotatable bonds is 11. The Morgan fingerprint density at radius 2 is 1.86 bits per heavy atom. The first-order valence-electron chi connectivity index (χ1n) is 8.08. The molecule has 0 spiro atoms. The molecule has 1 heterocycles. The van der Waals surface area contributed by atoms with Crippen LogP contribution in [0.4, 0.5) is 11.6 Å². The Morgan fingerprint density at radius 1 is 1.14 bits per heavy atom. The van der Waals surface area contributed by atoms with Crippen molar-refractivity contribution in [3.63, 3.8) is 0 Å². The van der Waals surface area contributed by atoms with Gasteiger partial charge in [-0.15, -0.1) is 0 Å². The molecular weight excluding hydrogens is 264 g/mol. The molecule has 120 valence electrons. The average Bonchev–Trinajstić information content (AvgIpc) is 2.48. The predicted molar refractivity (Wildman–Crippen MR) is 88.7 cm³/mol. The van der Waals surface area contributed by atoms with Gasteiger partial charge in [0, 0.05) is 26.3 Å². The number of nitrogens with one attached hydrogen (secondary N) is 2. The number of hydrogen-bond acceptors (Lipinski definition) is 5. The highest BCUT2D eigenvalue weighted by molar-refractivity contribution is 5.47. The summed E-state index contributed by atoms with van der Waals surface area (Å²) in [6, 6.07) is 1.97. The molecule has 0 fully saturated rings. The molecule has 0 aromatic carbocycles. The highest BCUT2D eigenvalue weighted by Gasteiger charge is 2.08. The van der Waals surface area contributed by atoms with Crippen molar-refractivity contribution in [3.8, 4) is 0 Å². The SMILES string of the molecule is CCCCC(CC)CNc1cc(NCC)nc(COC)n1. The molecule has 5 nitrogen and oxygen atoms in total. The minimum absolute atomic E-state index is 0.432. The van der Waals surface area contributed by atoms with E-state index in [0.29, 0.717) is 18.3 Å². The van der Waals surface area contributed by atoms with Crippen molar-refractivity contribution in [3.05, 3.63) is 11.9 Å². The molecule has 1 unspecified atom stereocenters. The van der Waals surface area contributed by atoms with Crippen molar-refractivity contribution in [2.24, 2.45) is 5.92 Å². The maximum atomic E-state index is 5.14. The van der Waals surface area contributed by atoms with Gasteiger partial charge in [0.25, 0.3) is 0 Å². The van der Waals surface area contributed by atoms with Crippen LogP contribution in [0.5, 0.6) is 0 Å². The van der Waals surface area contributed by atoms with E-state index in [4.69, 9.17) is 4.74 Å². The van der Waals surface area contributed by atoms with E-state index in [1.165, 1.54) is 25.7 Å². The van der Waals surface area contributed by atoms with E-state index in [2.05, 4.69) is 41.4 Å². The molecule has 0 saturated carbocycles. The van der Waals surface area contributed by atoms with Crippen LogP contribution in [0.3, 0.4) is 0 Å². The molecule has 1 aromatic rings. The molecule has 5 heteroatoms. The van der Waals surface area contributed by atoms with Crippen LogP contribution in [0.15, 0.2) is 6.07 Å². The summed E-state index contributed by atoms with van der Waals surface area (Å²) in [4.78, 5) is 8.93. The third kappa shape index (κ3) is 6.76. The van der Waals surface area contributed by atoms with E-state index < -0.39 is 0 Å². The molecule has 1 atom stereocenters. The fourth-order valence-corrected chi connectivity index (χ4v) is 2.25. The van der Waals surface area contributed by atoms with Crippen LogP contribution in [-0.2, 0) is 11.3 Å². The number of nitrogens with zero attached hydrogens (tertiary/aromatic N) is 2. The van der Waals surface area contributed by atoms with Gasteiger partial charge in [0.1, 0.15) is 18.2 Å². The Balaban J connectivity index is 2.66. The predicted octanol–water partition coefficient (Wildman–Crippen LogP) is 3.68. The summed E-state index contributed by atoms with van der Waals surface area (Å²) in [5.74, 6) is 3.14. The molecule has 0 radical (unpaired) electrons. The summed E-state index contributed by atoms with van der Waals surface area (Å²) in [6.07, 6.45) is 5.02. The first-order chi connectivity index (χ1) is 10.2. The van der Waals surface area contributed by atoms with E-state index in [0.717, 1.165) is 24.7 Å². The maximum absolute atomic E-state index is 5.14. The lowest BCUT2D eigenvalue weighted by molar-refractivity contribution is 0.178. The summed E-state index contributed by atoms with van der Waals surface area (Å²) in [5.41, 5.74) is 0. The second-order valence-electron chi connectivity index (χ2n) is 5.32. The van der Waals surface area contributed by atoms with Crippen LogP contribution in [0.25, 0.3) is 0 Å². The standard InChI is InChI=1S/C16H30N4O/c1-5-8-9-13(6-2)11-18-15-10-14(17-7-3)19-16(20-15)12-21-4/h10,13H,5-9,11-12H2,1-4H3,(H2,17,18,19,20). The average molecular weight is 294 g/mol. The molecule has 2 N–H and O–H groups in total. The van der Waals surface area contributed by atoms with Gasteiger partial charge >= 0.3 is 0 Å². The summed E-state index contributed by atoms with van der Waals surface area (Å²) < 4.78 is 5.14. The monoisotopic (exact) mass is 294 g/mol. The third-order valence-corrected chi connectivity index (χ3v) is 3.52. The number of aromatic nitrogens is 2. The first kappa shape index (κ1) is 17.7. The second kappa shape index (κ2) is 10.4. The number of anilines is 2. The van der Waals surface area contributed by atoms with Crippen molar-refractivity contribution < 1.29 is 4.74 Å². The fraction of sp³-hybridized carbons (Fsp3) is 0.750. The zero-order valence-electron chi connectivity index (χ0n) is 13.9. The van der Waals surface area contributed by atoms with E-state index >= 15 is 0 Å². The van der Waals surface area contributed by atoms with Gasteiger partial charge < -0.3 is 15.4 Å². The number of hydrogen-bond donors (Lipinski definition) is 2. The van der Waals surface area contributed by atoms with Crippen LogP contribution in [-0.4, -0.2) is 30.2 Å². The van der Waals surface area contributed by atoms with Crippen molar-refractivity contribution >= 4 is 11.6 Å². The molecule has 0 saturated heterocycles. The van der Waals surface area contributed by atoms with Crippen LogP contribution >= 0.6 is 0 Å². The fourth-order valence-electron chi connectivity index (χ4n) is 2.25. The number of methoxy groups -OCH3 is 1. The van der Waals surface area contributed by atoms with E-state index in [1.54, 1.807) is 7.11 Å². The maximum Gasteiger partial charge on any atom is 0.158 e. The molecule has 1 aromatic heterocycles. The molecule has 1 rings (SSSR count). The minimum Gasteiger partial charge on any atom is -0.377 e. The van der Waals surface area contributed by atoms with Gasteiger partial charge in [-0.25, -0.2) is 9.97 Å². The largest absolute Gasteiger partial charge is 0.377 e. The van der Waals surface area contributed by atoms with E-state index in [9.17, 15) is 0 Å². The minimum atomic E-state index is 0.432. The van der Waals surface area contributed by atoms with Gasteiger partial charge in [-0.2, -0.15) is 0 Å². The summed E-state index contributed by atoms with van der Waals surface area (Å²) in [7, 11) is 1.66. The van der Waals surface area contributed by atoms with Crippen molar-refractivity contribution in [2.45, 2.75) is 53.1 Å². The Hall–Kier alpha value is -1.36. The van der Waals surface area contributed by atoms with Crippen LogP contribution < -0.4 is 10.6 Å². The number of ether oxygens (including phenoxy) is 1. The van der Waals surface area contributed by atoms with Gasteiger partial charge in [0.2, 0.25) is 0 Å². The van der Waals surface area contributed by atoms with Crippen LogP contribution in [0, 0.1) is 5.92 Å². The van der Waals surface area contributed by atoms with E-state index in [1.807, 2.05) is 6.07 Å². The lowest BCUT2D eigenvalue weighted by Crippen LogP contribution is -2.16. The molecule has 0 amide bonds. The molecule has 0 aliphatic rings. The van der Waals surface area contributed by atoms with Gasteiger partial charge in [0.15, 0.2) is 5.82 Å². The normalized spacial score (nSPS) is 12.2. The molecule has 0 bridgehead atoms. The Kier molecular flexibility index (Phi) is 8.74. The highest BCUT2D eigenvalue weighted by Crippen LogP contribution is 2.16. The Morgan fingerprint density at radius 3 is 2.43 bits per heavy atom. The second-order valence-corrected chi connectivity index (χ2v) is 5.32. The Labute approximate surface area is 128 Å². The van der Waals surface area contributed by atoms with Crippen molar-refractivity contribution in [1.82, 2.24) is 9.97 Å². The van der Waals surface area contributed by atoms with Crippen molar-refractivity contribution in [1.29, 1.82) is 0 Å². The lowest BCUT2D eigenvalue weighted by atomic mass is 9.99. The smallest absolute Gasteiger partial charge is 0.158 e. The van der Waals surface area contributed by atoms with Gasteiger partial charge in [-0.05, 0) is 19.3 Å². The summed E-state index contributed by atoms with van der Waals surface area (Å²) in [6.45, 7) is 8.79. The molecular formula is C16H30N4O. The van der Waals surface area contributed by atoms with Gasteiger partial charge in [-0.3, -0.25) is 0 Å². The quantitative estimate of drug-likeness (QED) is 0.652. The Bertz CT molecular complexity index is 374. The molecule has 0 aliphatic carbocycles. The third-order valence-electron chi connectivity index (χ3n) is 3.52. The topological polar surface area (TPSA) is 59.1 Å². The van der Waals surface area contributed by atoms with Crippen LogP contribution in [0.1, 0.15) is 52.3 Å². The lowest BCUT2D eigenvalue weighted by Gasteiger charge is -2.16. The zero-order chi connectivity index (χ0) is 15.5. The highest BCUT2D eigenvalue weighted by atomic mass is 16.5. The van der Waals surface area contributed by atoms with Gasteiger partial charge in [-0.1, -0.05) is 33.1 Å². The van der Waals surface area contributed by atoms with Crippen molar-refractivity contribution in [2.75, 3.05) is 30.8 Å². The zero-order valence-corrected chi connectivity index (χ0v) is 13.9. The van der Waals surface area contributed by atoms with Gasteiger partial charge in [0.05, 0.1) is 0 Å². The summed E-state index contributed by atoms with van der Waals surface area (Å²) >= 11 is 0. The van der Waals surface area contributed by atoms with Crippen LogP contribution in [0.2, 0.25) is 0 Å². The number of unbranched alkanes of at least 4 members (excludes halogenated alkanes) is 1. The first-order valence-corrected chi connectivity index (χ1v) is 8.08. The summed E-state index contributed by atoms with van der Waals surface area (Å²) in [5, 5.41) is 6.69. The molecule has 0 aliphatic heterocycles. The van der Waals surface area contributed by atoms with E-state index in [-0.39, 0.29) is 0 Å². The molecule has 21 heavy (non-hydrogen) atoms.